The van der Waals surface area contributed by atoms with E-state index >= 15 is 0 Å². The lowest BCUT2D eigenvalue weighted by molar-refractivity contribution is -0.139. The third-order valence-corrected chi connectivity index (χ3v) is 1.45. The molecule has 0 rings (SSSR count). The number of ether oxygens (including phenoxy) is 1. The summed E-state index contributed by atoms with van der Waals surface area (Å²) in [7, 11) is 0. The third-order valence-electron chi connectivity index (χ3n) is 1.45. The highest BCUT2D eigenvalue weighted by Crippen LogP contribution is 2.06. The molecule has 0 heterocycles. The second-order valence-electron chi connectivity index (χ2n) is 4.30. The molecule has 0 saturated carbocycles. The number of nitrogens with zero attached hydrogens (tertiary/aromatic N) is 1. The summed E-state index contributed by atoms with van der Waals surface area (Å²) in [6.45, 7) is 4.74. The van der Waals surface area contributed by atoms with Crippen LogP contribution in [0.1, 0.15) is 20.8 Å². The Labute approximate surface area is 99.0 Å². The lowest BCUT2D eigenvalue weighted by atomic mass is 10.2. The number of carboxylic acid groups (broad SMARTS) is 1. The van der Waals surface area contributed by atoms with Crippen molar-refractivity contribution in [2.75, 3.05) is 6.54 Å². The van der Waals surface area contributed by atoms with Crippen LogP contribution in [0.3, 0.4) is 0 Å². The molecule has 0 fully saturated rings. The Hall–Kier alpha value is -1.99. The van der Waals surface area contributed by atoms with E-state index in [1.54, 1.807) is 20.8 Å². The van der Waals surface area contributed by atoms with Gasteiger partial charge in [-0.25, -0.2) is 9.59 Å². The van der Waals surface area contributed by atoms with Crippen LogP contribution in [0.5, 0.6) is 0 Å². The third kappa shape index (κ3) is 7.88. The van der Waals surface area contributed by atoms with Gasteiger partial charge in [-0.1, -0.05) is 0 Å². The molecule has 17 heavy (non-hydrogen) atoms. The van der Waals surface area contributed by atoms with E-state index in [1.807, 2.05) is 0 Å². The van der Waals surface area contributed by atoms with Gasteiger partial charge in [-0.05, 0) is 20.8 Å². The molecule has 0 aliphatic carbocycles. The predicted molar refractivity (Wildman–Crippen MR) is 61.5 cm³/mol. The van der Waals surface area contributed by atoms with Gasteiger partial charge in [0.05, 0.1) is 6.54 Å². The van der Waals surface area contributed by atoms with E-state index in [1.165, 1.54) is 0 Å². The topological polar surface area (TPSA) is 140 Å². The smallest absolute Gasteiger partial charge is 0.408 e. The quantitative estimate of drug-likeness (QED) is 0.379. The summed E-state index contributed by atoms with van der Waals surface area (Å²) in [5.41, 5.74) is 9.42. The van der Waals surface area contributed by atoms with Crippen molar-refractivity contribution in [2.45, 2.75) is 32.4 Å². The molecule has 1 amide bonds. The maximum absolute atomic E-state index is 11.3. The normalized spacial score (nSPS) is 12.4. The summed E-state index contributed by atoms with van der Waals surface area (Å²) in [6.07, 6.45) is -0.837. The van der Waals surface area contributed by atoms with Crippen molar-refractivity contribution < 1.29 is 19.4 Å². The van der Waals surface area contributed by atoms with Crippen LogP contribution < -0.4 is 16.8 Å². The standard InChI is InChI=1S/C9H18N4O4/c1-9(2,3)17-8(16)13-5(6(14)15)4-12-7(10)11/h5H,4H2,1-3H3,(H,13,16)(H,14,15)(H4,10,11,12). The first kappa shape index (κ1) is 15.0. The lowest BCUT2D eigenvalue weighted by Crippen LogP contribution is -2.45. The number of rotatable bonds is 4. The van der Waals surface area contributed by atoms with Gasteiger partial charge < -0.3 is 26.6 Å². The zero-order valence-electron chi connectivity index (χ0n) is 10.1. The number of nitrogens with two attached hydrogens (primary N) is 2. The van der Waals surface area contributed by atoms with E-state index in [0.29, 0.717) is 0 Å². The molecule has 1 unspecified atom stereocenters. The average molecular weight is 246 g/mol. The maximum Gasteiger partial charge on any atom is 0.408 e. The van der Waals surface area contributed by atoms with Gasteiger partial charge in [0.1, 0.15) is 11.6 Å². The maximum atomic E-state index is 11.3. The number of carbonyl (C=O) groups is 2. The van der Waals surface area contributed by atoms with E-state index in [0.717, 1.165) is 0 Å². The number of aliphatic imine (C=N–C) groups is 1. The number of alkyl carbamates (subject to hydrolysis) is 1. The van der Waals surface area contributed by atoms with Crippen LogP contribution in [0, 0.1) is 0 Å². The molecular weight excluding hydrogens is 228 g/mol. The number of amides is 1. The molecule has 0 aliphatic heterocycles. The minimum Gasteiger partial charge on any atom is -0.480 e. The van der Waals surface area contributed by atoms with Gasteiger partial charge in [0.25, 0.3) is 0 Å². The largest absolute Gasteiger partial charge is 0.480 e. The summed E-state index contributed by atoms with van der Waals surface area (Å²) in [6, 6.07) is -1.23. The highest BCUT2D eigenvalue weighted by Gasteiger charge is 2.23. The predicted octanol–water partition coefficient (Wildman–Crippen LogP) is -0.762. The fourth-order valence-electron chi connectivity index (χ4n) is 0.832. The van der Waals surface area contributed by atoms with Gasteiger partial charge in [0, 0.05) is 0 Å². The molecule has 1 atom stereocenters. The molecule has 0 aromatic heterocycles. The van der Waals surface area contributed by atoms with Crippen LogP contribution in [0.4, 0.5) is 4.79 Å². The second kappa shape index (κ2) is 5.92. The van der Waals surface area contributed by atoms with Crippen molar-refractivity contribution >= 4 is 18.0 Å². The number of hydrogen-bond acceptors (Lipinski definition) is 4. The SMILES string of the molecule is CC(C)(C)OC(=O)NC(CN=C(N)N)C(=O)O. The molecule has 0 aromatic rings. The fraction of sp³-hybridized carbons (Fsp3) is 0.667. The highest BCUT2D eigenvalue weighted by atomic mass is 16.6. The van der Waals surface area contributed by atoms with E-state index < -0.39 is 23.7 Å². The minimum absolute atomic E-state index is 0.248. The minimum atomic E-state index is -1.25. The van der Waals surface area contributed by atoms with Gasteiger partial charge in [-0.15, -0.1) is 0 Å². The van der Waals surface area contributed by atoms with Crippen LogP contribution in [0.25, 0.3) is 0 Å². The second-order valence-corrected chi connectivity index (χ2v) is 4.30. The van der Waals surface area contributed by atoms with Crippen molar-refractivity contribution in [3.8, 4) is 0 Å². The van der Waals surface area contributed by atoms with E-state index in [4.69, 9.17) is 21.3 Å². The number of aliphatic carboxylic acids is 1. The molecule has 0 aromatic carbocycles. The average Bonchev–Trinajstić information content (AvgIpc) is 2.08. The monoisotopic (exact) mass is 246 g/mol. The number of nitrogens with one attached hydrogen (secondary N) is 1. The summed E-state index contributed by atoms with van der Waals surface area (Å²) < 4.78 is 4.90. The molecule has 8 nitrogen and oxygen atoms in total. The van der Waals surface area contributed by atoms with Crippen LogP contribution in [0.15, 0.2) is 4.99 Å². The first-order valence-electron chi connectivity index (χ1n) is 4.89. The summed E-state index contributed by atoms with van der Waals surface area (Å²) in [4.78, 5) is 25.6. The van der Waals surface area contributed by atoms with E-state index in [2.05, 4.69) is 10.3 Å². The Bertz CT molecular complexity index is 317. The van der Waals surface area contributed by atoms with Gasteiger partial charge in [0.15, 0.2) is 5.96 Å². The van der Waals surface area contributed by atoms with Gasteiger partial charge in [-0.2, -0.15) is 0 Å². The summed E-state index contributed by atoms with van der Waals surface area (Å²) >= 11 is 0. The molecule has 0 aliphatic rings. The number of guanidine groups is 1. The Kier molecular flexibility index (Phi) is 5.23. The Morgan fingerprint density at radius 3 is 2.29 bits per heavy atom. The van der Waals surface area contributed by atoms with Crippen LogP contribution in [0.2, 0.25) is 0 Å². The van der Waals surface area contributed by atoms with E-state index in [9.17, 15) is 9.59 Å². The van der Waals surface area contributed by atoms with Crippen molar-refractivity contribution in [2.24, 2.45) is 16.5 Å². The van der Waals surface area contributed by atoms with E-state index in [-0.39, 0.29) is 12.5 Å². The lowest BCUT2D eigenvalue weighted by Gasteiger charge is -2.21. The van der Waals surface area contributed by atoms with Crippen LogP contribution in [-0.4, -0.2) is 41.3 Å². The van der Waals surface area contributed by atoms with Crippen molar-refractivity contribution in [3.05, 3.63) is 0 Å². The Morgan fingerprint density at radius 2 is 1.94 bits per heavy atom. The van der Waals surface area contributed by atoms with Crippen LogP contribution in [-0.2, 0) is 9.53 Å². The number of carboxylic acids is 1. The van der Waals surface area contributed by atoms with Crippen LogP contribution >= 0.6 is 0 Å². The fourth-order valence-corrected chi connectivity index (χ4v) is 0.832. The van der Waals surface area contributed by atoms with Crippen molar-refractivity contribution in [3.63, 3.8) is 0 Å². The molecule has 6 N–H and O–H groups in total. The first-order chi connectivity index (χ1) is 7.61. The molecule has 0 radical (unpaired) electrons. The highest BCUT2D eigenvalue weighted by molar-refractivity contribution is 5.81. The van der Waals surface area contributed by atoms with Gasteiger partial charge >= 0.3 is 12.1 Å². The van der Waals surface area contributed by atoms with Crippen molar-refractivity contribution in [1.82, 2.24) is 5.32 Å². The first-order valence-corrected chi connectivity index (χ1v) is 4.89. The summed E-state index contributed by atoms with van der Waals surface area (Å²) in [5, 5.41) is 11.0. The van der Waals surface area contributed by atoms with Gasteiger partial charge in [0.2, 0.25) is 0 Å². The molecule has 0 saturated heterocycles. The number of carbonyl (C=O) groups excluding carboxylic acids is 1. The zero-order valence-corrected chi connectivity index (χ0v) is 10.1. The molecule has 0 spiro atoms. The summed E-state index contributed by atoms with van der Waals surface area (Å²) in [5.74, 6) is -1.50. The Morgan fingerprint density at radius 1 is 1.41 bits per heavy atom. The van der Waals surface area contributed by atoms with Crippen molar-refractivity contribution in [1.29, 1.82) is 0 Å². The molecule has 8 heteroatoms. The number of hydrogen-bond donors (Lipinski definition) is 4. The molecular formula is C9H18N4O4. The zero-order chi connectivity index (χ0) is 13.6. The molecule has 0 bridgehead atoms. The Balaban J connectivity index is 4.41. The molecule has 98 valence electrons. The van der Waals surface area contributed by atoms with Gasteiger partial charge in [-0.3, -0.25) is 4.99 Å².